The Morgan fingerprint density at radius 3 is 2.87 bits per heavy atom. The first-order chi connectivity index (χ1) is 11.3. The molecule has 0 aliphatic heterocycles. The molecule has 0 atom stereocenters. The Morgan fingerprint density at radius 1 is 1.35 bits per heavy atom. The summed E-state index contributed by atoms with van der Waals surface area (Å²) in [5.74, 6) is -0.351. The van der Waals surface area contributed by atoms with E-state index in [1.807, 2.05) is 53.2 Å². The lowest BCUT2D eigenvalue weighted by atomic mass is 10.2. The van der Waals surface area contributed by atoms with Gasteiger partial charge in [-0.05, 0) is 18.1 Å². The highest BCUT2D eigenvalue weighted by Crippen LogP contribution is 2.02. The standard InChI is InChI=1S/C18H18N4O/c19-14-17(9-4-8-16-6-2-1-3-7-16)18(23)21-10-5-12-22-13-11-20-15-22/h1-4,6-9,11,13,15H,5,10,12H2,(H,21,23)/b8-4+,17-9+. The molecule has 2 rings (SSSR count). The number of hydrogen-bond donors (Lipinski definition) is 1. The Hall–Kier alpha value is -3.13. The molecule has 1 N–H and O–H groups in total. The Morgan fingerprint density at radius 2 is 2.17 bits per heavy atom. The van der Waals surface area contributed by atoms with E-state index in [4.69, 9.17) is 5.26 Å². The second-order valence-corrected chi connectivity index (χ2v) is 4.87. The van der Waals surface area contributed by atoms with Gasteiger partial charge in [0.25, 0.3) is 5.91 Å². The van der Waals surface area contributed by atoms with E-state index in [-0.39, 0.29) is 11.5 Å². The van der Waals surface area contributed by atoms with Crippen LogP contribution < -0.4 is 5.32 Å². The van der Waals surface area contributed by atoms with Gasteiger partial charge < -0.3 is 9.88 Å². The zero-order chi connectivity index (χ0) is 16.3. The largest absolute Gasteiger partial charge is 0.351 e. The van der Waals surface area contributed by atoms with E-state index in [9.17, 15) is 4.79 Å². The zero-order valence-corrected chi connectivity index (χ0v) is 12.7. The lowest BCUT2D eigenvalue weighted by molar-refractivity contribution is -0.117. The number of rotatable bonds is 7. The van der Waals surface area contributed by atoms with Crippen LogP contribution in [0, 0.1) is 11.3 Å². The zero-order valence-electron chi connectivity index (χ0n) is 12.7. The van der Waals surface area contributed by atoms with Crippen molar-refractivity contribution in [3.63, 3.8) is 0 Å². The van der Waals surface area contributed by atoms with E-state index in [0.717, 1.165) is 18.5 Å². The molecule has 0 radical (unpaired) electrons. The molecule has 116 valence electrons. The monoisotopic (exact) mass is 306 g/mol. The summed E-state index contributed by atoms with van der Waals surface area (Å²) in [5.41, 5.74) is 1.11. The van der Waals surface area contributed by atoms with E-state index in [0.29, 0.717) is 6.54 Å². The number of allylic oxidation sites excluding steroid dienone is 2. The molecule has 0 spiro atoms. The molecule has 0 unspecified atom stereocenters. The minimum Gasteiger partial charge on any atom is -0.351 e. The van der Waals surface area contributed by atoms with Crippen molar-refractivity contribution in [3.05, 3.63) is 72.3 Å². The third-order valence-electron chi connectivity index (χ3n) is 3.15. The van der Waals surface area contributed by atoms with Crippen LogP contribution in [0.25, 0.3) is 6.08 Å². The molecule has 23 heavy (non-hydrogen) atoms. The number of carbonyl (C=O) groups excluding carboxylic acids is 1. The van der Waals surface area contributed by atoms with Crippen molar-refractivity contribution < 1.29 is 4.79 Å². The van der Waals surface area contributed by atoms with Crippen LogP contribution in [-0.4, -0.2) is 22.0 Å². The van der Waals surface area contributed by atoms with Gasteiger partial charge in [0.2, 0.25) is 0 Å². The van der Waals surface area contributed by atoms with E-state index in [1.165, 1.54) is 6.08 Å². The van der Waals surface area contributed by atoms with Gasteiger partial charge in [0, 0.05) is 25.5 Å². The molecule has 1 aromatic carbocycles. The fraction of sp³-hybridized carbons (Fsp3) is 0.167. The van der Waals surface area contributed by atoms with Crippen LogP contribution >= 0.6 is 0 Å². The summed E-state index contributed by atoms with van der Waals surface area (Å²) < 4.78 is 1.94. The number of aromatic nitrogens is 2. The van der Waals surface area contributed by atoms with Crippen LogP contribution in [0.4, 0.5) is 0 Å². The van der Waals surface area contributed by atoms with Crippen molar-refractivity contribution in [1.82, 2.24) is 14.9 Å². The smallest absolute Gasteiger partial charge is 0.261 e. The number of amides is 1. The average Bonchev–Trinajstić information content (AvgIpc) is 3.10. The third kappa shape index (κ3) is 5.64. The van der Waals surface area contributed by atoms with Crippen LogP contribution in [0.1, 0.15) is 12.0 Å². The molecule has 0 fully saturated rings. The van der Waals surface area contributed by atoms with Crippen molar-refractivity contribution in [1.29, 1.82) is 5.26 Å². The molecule has 0 aliphatic carbocycles. The van der Waals surface area contributed by atoms with E-state index >= 15 is 0 Å². The van der Waals surface area contributed by atoms with Crippen molar-refractivity contribution in [2.24, 2.45) is 0 Å². The average molecular weight is 306 g/mol. The Balaban J connectivity index is 1.80. The molecular formula is C18H18N4O. The molecule has 1 heterocycles. The van der Waals surface area contributed by atoms with Crippen LogP contribution in [0.3, 0.4) is 0 Å². The summed E-state index contributed by atoms with van der Waals surface area (Å²) in [6.07, 6.45) is 11.2. The van der Waals surface area contributed by atoms with Crippen LogP contribution in [-0.2, 0) is 11.3 Å². The highest BCUT2D eigenvalue weighted by atomic mass is 16.1. The maximum Gasteiger partial charge on any atom is 0.261 e. The fourth-order valence-corrected chi connectivity index (χ4v) is 1.96. The summed E-state index contributed by atoms with van der Waals surface area (Å²) >= 11 is 0. The highest BCUT2D eigenvalue weighted by Gasteiger charge is 2.06. The first-order valence-corrected chi connectivity index (χ1v) is 7.37. The number of benzene rings is 1. The van der Waals surface area contributed by atoms with Gasteiger partial charge in [-0.15, -0.1) is 0 Å². The molecule has 0 saturated heterocycles. The molecule has 0 bridgehead atoms. The quantitative estimate of drug-likeness (QED) is 0.370. The first-order valence-electron chi connectivity index (χ1n) is 7.37. The van der Waals surface area contributed by atoms with Gasteiger partial charge in [-0.3, -0.25) is 4.79 Å². The summed E-state index contributed by atoms with van der Waals surface area (Å²) in [5, 5.41) is 11.8. The van der Waals surface area contributed by atoms with Crippen molar-refractivity contribution >= 4 is 12.0 Å². The second-order valence-electron chi connectivity index (χ2n) is 4.87. The van der Waals surface area contributed by atoms with E-state index in [2.05, 4.69) is 10.3 Å². The number of hydrogen-bond acceptors (Lipinski definition) is 3. The number of aryl methyl sites for hydroxylation is 1. The molecule has 2 aromatic rings. The van der Waals surface area contributed by atoms with Crippen molar-refractivity contribution in [2.45, 2.75) is 13.0 Å². The van der Waals surface area contributed by atoms with Crippen LogP contribution in [0.2, 0.25) is 0 Å². The number of carbonyl (C=O) groups is 1. The normalized spacial score (nSPS) is 11.3. The summed E-state index contributed by atoms with van der Waals surface area (Å²) in [6, 6.07) is 11.6. The molecule has 1 amide bonds. The predicted octanol–water partition coefficient (Wildman–Crippen LogP) is 2.55. The number of nitrogens with zero attached hydrogens (tertiary/aromatic N) is 3. The number of nitriles is 1. The van der Waals surface area contributed by atoms with Gasteiger partial charge in [0.15, 0.2) is 0 Å². The van der Waals surface area contributed by atoms with Gasteiger partial charge in [0.1, 0.15) is 11.6 Å². The maximum absolute atomic E-state index is 11.9. The summed E-state index contributed by atoms with van der Waals surface area (Å²) in [4.78, 5) is 15.9. The van der Waals surface area contributed by atoms with E-state index in [1.54, 1.807) is 18.6 Å². The molecule has 0 saturated carbocycles. The lowest BCUT2D eigenvalue weighted by Crippen LogP contribution is -2.26. The summed E-state index contributed by atoms with van der Waals surface area (Å²) in [7, 11) is 0. The SMILES string of the molecule is N#C/C(=C\C=C\c1ccccc1)C(=O)NCCCn1ccnc1. The number of imidazole rings is 1. The minimum atomic E-state index is -0.351. The minimum absolute atomic E-state index is 0.0970. The first kappa shape index (κ1) is 16.2. The fourth-order valence-electron chi connectivity index (χ4n) is 1.96. The molecular weight excluding hydrogens is 288 g/mol. The van der Waals surface area contributed by atoms with Gasteiger partial charge >= 0.3 is 0 Å². The lowest BCUT2D eigenvalue weighted by Gasteiger charge is -2.04. The Kier molecular flexibility index (Phi) is 6.36. The highest BCUT2D eigenvalue weighted by molar-refractivity contribution is 5.97. The van der Waals surface area contributed by atoms with Crippen molar-refractivity contribution in [2.75, 3.05) is 6.54 Å². The molecule has 0 aliphatic rings. The van der Waals surface area contributed by atoms with Gasteiger partial charge in [-0.25, -0.2) is 4.98 Å². The van der Waals surface area contributed by atoms with Gasteiger partial charge in [-0.2, -0.15) is 5.26 Å². The number of nitrogens with one attached hydrogen (secondary N) is 1. The second kappa shape index (κ2) is 9.00. The van der Waals surface area contributed by atoms with Crippen LogP contribution in [0.5, 0.6) is 0 Å². The molecule has 5 heteroatoms. The maximum atomic E-state index is 11.9. The van der Waals surface area contributed by atoms with Gasteiger partial charge in [-0.1, -0.05) is 42.5 Å². The molecule has 1 aromatic heterocycles. The Bertz CT molecular complexity index is 709. The topological polar surface area (TPSA) is 70.7 Å². The van der Waals surface area contributed by atoms with Crippen molar-refractivity contribution in [3.8, 4) is 6.07 Å². The van der Waals surface area contributed by atoms with Gasteiger partial charge in [0.05, 0.1) is 6.33 Å². The summed E-state index contributed by atoms with van der Waals surface area (Å²) in [6.45, 7) is 1.29. The Labute approximate surface area is 135 Å². The van der Waals surface area contributed by atoms with E-state index < -0.39 is 0 Å². The van der Waals surface area contributed by atoms with Crippen LogP contribution in [0.15, 0.2) is 66.8 Å². The molecule has 5 nitrogen and oxygen atoms in total. The third-order valence-corrected chi connectivity index (χ3v) is 3.15. The predicted molar refractivity (Wildman–Crippen MR) is 89.0 cm³/mol.